The average Bonchev–Trinajstić information content (AvgIpc) is 2.43. The Morgan fingerprint density at radius 3 is 2.00 bits per heavy atom. The van der Waals surface area contributed by atoms with Gasteiger partial charge in [-0.25, -0.2) is 0 Å². The molecule has 1 N–H and O–H groups in total. The average molecular weight is 279 g/mol. The van der Waals surface area contributed by atoms with Crippen LogP contribution in [0, 0.1) is 0 Å². The van der Waals surface area contributed by atoms with Crippen LogP contribution in [0.15, 0.2) is 36.5 Å². The number of unbranched alkanes of at least 4 members (excludes halogenated alkanes) is 5. The van der Waals surface area contributed by atoms with Gasteiger partial charge in [-0.3, -0.25) is 4.79 Å². The second-order valence-electron chi connectivity index (χ2n) is 4.99. The quantitative estimate of drug-likeness (QED) is 0.268. The second-order valence-corrected chi connectivity index (χ2v) is 4.99. The molecule has 20 heavy (non-hydrogen) atoms. The summed E-state index contributed by atoms with van der Waals surface area (Å²) in [7, 11) is 0. The third kappa shape index (κ3) is 16.7. The molecule has 0 heterocycles. The fourth-order valence-corrected chi connectivity index (χ4v) is 1.90. The Balaban J connectivity index is 3.23. The number of rotatable bonds is 13. The van der Waals surface area contributed by atoms with Crippen LogP contribution in [0.4, 0.5) is 0 Å². The van der Waals surface area contributed by atoms with Crippen molar-refractivity contribution >= 4 is 5.97 Å². The Kier molecular flexibility index (Phi) is 14.7. The minimum atomic E-state index is -0.675. The van der Waals surface area contributed by atoms with Gasteiger partial charge in [0.15, 0.2) is 0 Å². The van der Waals surface area contributed by atoms with Crippen molar-refractivity contribution in [3.63, 3.8) is 0 Å². The lowest BCUT2D eigenvalue weighted by Crippen LogP contribution is -1.93. The molecule has 0 aromatic carbocycles. The van der Waals surface area contributed by atoms with Gasteiger partial charge in [-0.15, -0.1) is 0 Å². The lowest BCUT2D eigenvalue weighted by atomic mass is 10.1. The molecule has 2 heteroatoms. The zero-order chi connectivity index (χ0) is 14.9. The van der Waals surface area contributed by atoms with Crippen molar-refractivity contribution in [1.29, 1.82) is 0 Å². The van der Waals surface area contributed by atoms with Crippen LogP contribution >= 0.6 is 0 Å². The summed E-state index contributed by atoms with van der Waals surface area (Å²) >= 11 is 0. The molecule has 0 unspecified atom stereocenters. The predicted molar refractivity (Wildman–Crippen MR) is 86.9 cm³/mol. The predicted octanol–water partition coefficient (Wildman–Crippen LogP) is 5.66. The molecule has 0 saturated heterocycles. The summed E-state index contributed by atoms with van der Waals surface area (Å²) in [5, 5.41) is 8.50. The number of hydrogen-bond donors (Lipinski definition) is 1. The third-order valence-electron chi connectivity index (χ3n) is 3.04. The van der Waals surface area contributed by atoms with E-state index in [4.69, 9.17) is 5.11 Å². The van der Waals surface area contributed by atoms with Crippen LogP contribution in [0.2, 0.25) is 0 Å². The van der Waals surface area contributed by atoms with Gasteiger partial charge in [0.25, 0.3) is 0 Å². The van der Waals surface area contributed by atoms with Gasteiger partial charge in [0.2, 0.25) is 0 Å². The molecule has 0 aromatic heterocycles. The van der Waals surface area contributed by atoms with E-state index in [2.05, 4.69) is 43.4 Å². The van der Waals surface area contributed by atoms with Crippen LogP contribution in [0.3, 0.4) is 0 Å². The molecule has 0 aliphatic rings. The van der Waals surface area contributed by atoms with Crippen LogP contribution in [-0.4, -0.2) is 11.1 Å². The fraction of sp³-hybridized carbons (Fsp3) is 0.611. The second kappa shape index (κ2) is 15.7. The highest BCUT2D eigenvalue weighted by atomic mass is 16.5. The van der Waals surface area contributed by atoms with Crippen molar-refractivity contribution in [3.05, 3.63) is 36.5 Å². The highest BCUT2D eigenvalue weighted by Gasteiger charge is 1.95. The van der Waals surface area contributed by atoms with E-state index in [0.29, 0.717) is 6.42 Å². The molecule has 0 aliphatic heterocycles. The van der Waals surface area contributed by atoms with E-state index >= 15 is 0 Å². The molecule has 0 fully saturated rings. The minimum Gasteiger partial charge on any atom is -0.481 e. The first-order valence-corrected chi connectivity index (χ1v) is 7.94. The van der Waals surface area contributed by atoms with Crippen molar-refractivity contribution in [2.45, 2.75) is 71.1 Å². The Bertz CT molecular complexity index is 301. The highest BCUT2D eigenvalue weighted by molar-refractivity contribution is 5.66. The first kappa shape index (κ1) is 18.7. The molecule has 0 spiro atoms. The number of carboxylic acids is 1. The van der Waals surface area contributed by atoms with Crippen molar-refractivity contribution in [3.8, 4) is 0 Å². The van der Waals surface area contributed by atoms with E-state index in [1.807, 2.05) is 0 Å². The lowest BCUT2D eigenvalue weighted by Gasteiger charge is -1.98. The summed E-state index contributed by atoms with van der Waals surface area (Å²) in [6.07, 6.45) is 23.4. The van der Waals surface area contributed by atoms with Gasteiger partial charge >= 0.3 is 5.97 Å². The summed E-state index contributed by atoms with van der Waals surface area (Å²) in [6.45, 7) is 2.15. The van der Waals surface area contributed by atoms with Crippen molar-refractivity contribution < 1.29 is 9.90 Å². The zero-order valence-electron chi connectivity index (χ0n) is 12.9. The molecule has 0 bridgehead atoms. The molecule has 0 atom stereocenters. The molecule has 0 aliphatic carbocycles. The lowest BCUT2D eigenvalue weighted by molar-refractivity contribution is -0.137. The van der Waals surface area contributed by atoms with Gasteiger partial charge < -0.3 is 5.11 Å². The maximum Gasteiger partial charge on any atom is 0.303 e. The first-order chi connectivity index (χ1) is 9.77. The highest BCUT2D eigenvalue weighted by Crippen LogP contribution is 2.07. The zero-order valence-corrected chi connectivity index (χ0v) is 12.9. The maximum atomic E-state index is 10.3. The Labute approximate surface area is 124 Å². The number of hydrogen-bond acceptors (Lipinski definition) is 1. The topological polar surface area (TPSA) is 37.3 Å². The number of carboxylic acid groups (broad SMARTS) is 1. The Morgan fingerprint density at radius 1 is 0.800 bits per heavy atom. The van der Waals surface area contributed by atoms with E-state index in [9.17, 15) is 4.79 Å². The summed E-state index contributed by atoms with van der Waals surface area (Å²) in [4.78, 5) is 10.3. The molecule has 2 nitrogen and oxygen atoms in total. The van der Waals surface area contributed by atoms with Gasteiger partial charge in [0, 0.05) is 6.42 Å². The van der Waals surface area contributed by atoms with E-state index < -0.39 is 5.97 Å². The molecular weight excluding hydrogens is 249 g/mol. The van der Waals surface area contributed by atoms with Gasteiger partial charge in [-0.2, -0.15) is 0 Å². The smallest absolute Gasteiger partial charge is 0.303 e. The standard InChI is InChI=1S/C18H30O2/c1-2-3-4-5-6-7-8-9-10-11-12-13-14-15-16-17-18(19)20/h3-4,6-7,9-10H,2,5,8,11-17H2,1H3,(H,19,20)/b4-3+,7-6+,10-9+/i18+1. The molecule has 0 aromatic rings. The van der Waals surface area contributed by atoms with Crippen molar-refractivity contribution in [2.75, 3.05) is 0 Å². The normalized spacial score (nSPS) is 12.1. The summed E-state index contributed by atoms with van der Waals surface area (Å²) in [5.41, 5.74) is 0. The largest absolute Gasteiger partial charge is 0.481 e. The molecule has 114 valence electrons. The Morgan fingerprint density at radius 2 is 1.35 bits per heavy atom. The first-order valence-electron chi connectivity index (χ1n) is 7.94. The number of allylic oxidation sites excluding steroid dienone is 6. The van der Waals surface area contributed by atoms with Crippen molar-refractivity contribution in [2.24, 2.45) is 0 Å². The monoisotopic (exact) mass is 279 g/mol. The number of carbonyl (C=O) groups is 1. The van der Waals surface area contributed by atoms with E-state index in [1.165, 1.54) is 12.8 Å². The van der Waals surface area contributed by atoms with Gasteiger partial charge in [-0.05, 0) is 38.5 Å². The van der Waals surface area contributed by atoms with Crippen LogP contribution in [0.5, 0.6) is 0 Å². The van der Waals surface area contributed by atoms with Crippen LogP contribution in [-0.2, 0) is 4.79 Å². The van der Waals surface area contributed by atoms with Gasteiger partial charge in [0.05, 0.1) is 0 Å². The summed E-state index contributed by atoms with van der Waals surface area (Å²) in [5.74, 6) is -0.675. The molecular formula is C18H30O2. The van der Waals surface area contributed by atoms with Crippen LogP contribution in [0.1, 0.15) is 71.1 Å². The maximum absolute atomic E-state index is 10.3. The van der Waals surface area contributed by atoms with Crippen molar-refractivity contribution in [1.82, 2.24) is 0 Å². The van der Waals surface area contributed by atoms with Crippen LogP contribution < -0.4 is 0 Å². The van der Waals surface area contributed by atoms with Gasteiger partial charge in [-0.1, -0.05) is 62.6 Å². The molecule has 0 radical (unpaired) electrons. The summed E-state index contributed by atoms with van der Waals surface area (Å²) < 4.78 is 0. The molecule has 0 amide bonds. The van der Waals surface area contributed by atoms with Gasteiger partial charge in [0.1, 0.15) is 0 Å². The Hall–Kier alpha value is -1.31. The van der Waals surface area contributed by atoms with Crippen LogP contribution in [0.25, 0.3) is 0 Å². The number of aliphatic carboxylic acids is 1. The summed E-state index contributed by atoms with van der Waals surface area (Å²) in [6, 6.07) is 0. The van der Waals surface area contributed by atoms with E-state index in [-0.39, 0.29) is 0 Å². The fourth-order valence-electron chi connectivity index (χ4n) is 1.90. The minimum absolute atomic E-state index is 0.319. The van der Waals surface area contributed by atoms with E-state index in [1.54, 1.807) is 0 Å². The third-order valence-corrected chi connectivity index (χ3v) is 3.04. The van der Waals surface area contributed by atoms with E-state index in [0.717, 1.165) is 44.9 Å². The molecule has 0 saturated carbocycles. The molecule has 0 rings (SSSR count). The SMILES string of the molecule is CC/C=C/C/C=C/C/C=C/CCCCCCC[13C](=O)O.